The molecule has 0 saturated heterocycles. The van der Waals surface area contributed by atoms with Gasteiger partial charge in [-0.2, -0.15) is 4.98 Å². The number of sulfone groups is 1. The van der Waals surface area contributed by atoms with Crippen LogP contribution < -0.4 is 5.56 Å². The lowest BCUT2D eigenvalue weighted by Gasteiger charge is -2.04. The summed E-state index contributed by atoms with van der Waals surface area (Å²) in [6.45, 7) is 0. The summed E-state index contributed by atoms with van der Waals surface area (Å²) >= 11 is 0. The van der Waals surface area contributed by atoms with Gasteiger partial charge in [0.25, 0.3) is 5.56 Å². The number of halogens is 1. The van der Waals surface area contributed by atoms with Crippen molar-refractivity contribution in [2.75, 3.05) is 6.26 Å². The Morgan fingerprint density at radius 2 is 2.06 bits per heavy atom. The van der Waals surface area contributed by atoms with Crippen LogP contribution in [-0.2, 0) is 16.9 Å². The third kappa shape index (κ3) is 1.91. The van der Waals surface area contributed by atoms with Crippen LogP contribution in [0.4, 0.5) is 4.39 Å². The zero-order valence-electron chi connectivity index (χ0n) is 9.01. The van der Waals surface area contributed by atoms with E-state index in [-0.39, 0.29) is 11.0 Å². The van der Waals surface area contributed by atoms with Crippen LogP contribution in [0.15, 0.2) is 22.2 Å². The van der Waals surface area contributed by atoms with Gasteiger partial charge in [-0.05, 0) is 6.07 Å². The van der Waals surface area contributed by atoms with Gasteiger partial charge in [0.2, 0.25) is 15.0 Å². The number of aryl methyl sites for hydroxylation is 1. The van der Waals surface area contributed by atoms with E-state index in [4.69, 9.17) is 0 Å². The van der Waals surface area contributed by atoms with E-state index in [1.807, 2.05) is 0 Å². The Morgan fingerprint density at radius 1 is 1.41 bits per heavy atom. The van der Waals surface area contributed by atoms with Gasteiger partial charge < -0.3 is 0 Å². The third-order valence-electron chi connectivity index (χ3n) is 2.21. The van der Waals surface area contributed by atoms with Crippen LogP contribution in [0.3, 0.4) is 0 Å². The second-order valence-corrected chi connectivity index (χ2v) is 5.47. The summed E-state index contributed by atoms with van der Waals surface area (Å²) in [5, 5.41) is -0.136. The molecule has 90 valence electrons. The van der Waals surface area contributed by atoms with E-state index in [0.717, 1.165) is 16.9 Å². The second-order valence-electron chi connectivity index (χ2n) is 3.56. The molecule has 0 bridgehead atoms. The Balaban J connectivity index is 2.92. The van der Waals surface area contributed by atoms with Gasteiger partial charge in [0.1, 0.15) is 5.65 Å². The van der Waals surface area contributed by atoms with Crippen LogP contribution in [0.5, 0.6) is 0 Å². The lowest BCUT2D eigenvalue weighted by Crippen LogP contribution is -2.21. The zero-order chi connectivity index (χ0) is 12.8. The summed E-state index contributed by atoms with van der Waals surface area (Å²) < 4.78 is 36.6. The largest absolute Gasteiger partial charge is 0.293 e. The van der Waals surface area contributed by atoms with Gasteiger partial charge in [-0.25, -0.2) is 17.8 Å². The van der Waals surface area contributed by atoms with Crippen LogP contribution in [0, 0.1) is 5.82 Å². The number of aromatic nitrogens is 3. The van der Waals surface area contributed by atoms with Crippen LogP contribution in [0.1, 0.15) is 0 Å². The number of pyridine rings is 1. The fraction of sp³-hybridized carbons (Fsp3) is 0.222. The molecule has 2 rings (SSSR count). The van der Waals surface area contributed by atoms with Gasteiger partial charge in [-0.15, -0.1) is 0 Å². The molecular formula is C9H8FN3O3S. The number of hydrogen-bond acceptors (Lipinski definition) is 5. The monoisotopic (exact) mass is 257 g/mol. The van der Waals surface area contributed by atoms with Gasteiger partial charge in [-0.1, -0.05) is 0 Å². The normalized spacial score (nSPS) is 11.9. The predicted octanol–water partition coefficient (Wildman–Crippen LogP) is -0.129. The molecule has 2 heterocycles. The Kier molecular flexibility index (Phi) is 2.46. The minimum atomic E-state index is -3.57. The molecule has 2 aromatic rings. The maximum atomic E-state index is 13.1. The number of hydrogen-bond donors (Lipinski definition) is 0. The average molecular weight is 257 g/mol. The lowest BCUT2D eigenvalue weighted by molar-refractivity contribution is 0.589. The molecule has 0 aliphatic carbocycles. The van der Waals surface area contributed by atoms with Crippen molar-refractivity contribution < 1.29 is 12.8 Å². The van der Waals surface area contributed by atoms with Crippen LogP contribution >= 0.6 is 0 Å². The molecule has 6 nitrogen and oxygen atoms in total. The summed E-state index contributed by atoms with van der Waals surface area (Å²) in [7, 11) is -2.25. The summed E-state index contributed by atoms with van der Waals surface area (Å²) in [4.78, 5) is 18.7. The first-order valence-corrected chi connectivity index (χ1v) is 6.42. The first kappa shape index (κ1) is 11.6. The highest BCUT2D eigenvalue weighted by Crippen LogP contribution is 2.11. The molecule has 0 saturated carbocycles. The van der Waals surface area contributed by atoms with Gasteiger partial charge in [0.05, 0.1) is 0 Å². The van der Waals surface area contributed by atoms with Crippen molar-refractivity contribution in [3.05, 3.63) is 28.4 Å². The predicted molar refractivity (Wildman–Crippen MR) is 57.8 cm³/mol. The van der Waals surface area contributed by atoms with Gasteiger partial charge >= 0.3 is 0 Å². The fourth-order valence-electron chi connectivity index (χ4n) is 1.37. The van der Waals surface area contributed by atoms with Crippen LogP contribution in [0.25, 0.3) is 11.0 Å². The summed E-state index contributed by atoms with van der Waals surface area (Å²) in [5.74, 6) is -0.935. The van der Waals surface area contributed by atoms with Crippen molar-refractivity contribution in [1.29, 1.82) is 0 Å². The molecule has 0 aliphatic rings. The maximum Gasteiger partial charge on any atom is 0.287 e. The Bertz CT molecular complexity index is 767. The highest BCUT2D eigenvalue weighted by molar-refractivity contribution is 7.90. The molecule has 0 unspecified atom stereocenters. The van der Waals surface area contributed by atoms with Crippen molar-refractivity contribution in [1.82, 2.24) is 14.5 Å². The molecule has 0 atom stereocenters. The van der Waals surface area contributed by atoms with Crippen LogP contribution in [0.2, 0.25) is 0 Å². The summed E-state index contributed by atoms with van der Waals surface area (Å²) in [6.07, 6.45) is 2.12. The van der Waals surface area contributed by atoms with Gasteiger partial charge in [0.15, 0.2) is 5.82 Å². The summed E-state index contributed by atoms with van der Waals surface area (Å²) in [6, 6.07) is 0.976. The number of fused-ring (bicyclic) bond motifs is 1. The standard InChI is InChI=1S/C9H8FN3O3S/c1-13-7-5(3-6(10)8(13)14)4-11-9(12-7)17(2,15)16/h3-4H,1-2H3. The van der Waals surface area contributed by atoms with Crippen molar-refractivity contribution in [2.45, 2.75) is 5.16 Å². The molecule has 0 fully saturated rings. The summed E-state index contributed by atoms with van der Waals surface area (Å²) in [5.41, 5.74) is -0.789. The molecule has 0 amide bonds. The van der Waals surface area contributed by atoms with E-state index in [1.54, 1.807) is 0 Å². The molecule has 0 aliphatic heterocycles. The zero-order valence-corrected chi connectivity index (χ0v) is 9.82. The van der Waals surface area contributed by atoms with E-state index in [9.17, 15) is 17.6 Å². The fourth-order valence-corrected chi connectivity index (χ4v) is 1.87. The average Bonchev–Trinajstić information content (AvgIpc) is 2.24. The molecule has 0 radical (unpaired) electrons. The minimum absolute atomic E-state index is 0.0758. The molecular weight excluding hydrogens is 249 g/mol. The molecule has 17 heavy (non-hydrogen) atoms. The minimum Gasteiger partial charge on any atom is -0.293 e. The first-order valence-electron chi connectivity index (χ1n) is 4.53. The Morgan fingerprint density at radius 3 is 2.65 bits per heavy atom. The van der Waals surface area contributed by atoms with E-state index < -0.39 is 26.4 Å². The number of nitrogens with zero attached hydrogens (tertiary/aromatic N) is 3. The number of rotatable bonds is 1. The molecule has 8 heteroatoms. The van der Waals surface area contributed by atoms with E-state index >= 15 is 0 Å². The van der Waals surface area contributed by atoms with Crippen LogP contribution in [-0.4, -0.2) is 29.2 Å². The van der Waals surface area contributed by atoms with Crippen molar-refractivity contribution in [2.24, 2.45) is 7.05 Å². The van der Waals surface area contributed by atoms with Gasteiger partial charge in [-0.3, -0.25) is 9.36 Å². The topological polar surface area (TPSA) is 81.9 Å². The Hall–Kier alpha value is -1.83. The smallest absolute Gasteiger partial charge is 0.287 e. The molecule has 0 spiro atoms. The molecule has 0 aromatic carbocycles. The molecule has 2 aromatic heterocycles. The van der Waals surface area contributed by atoms with E-state index in [2.05, 4.69) is 9.97 Å². The first-order chi connectivity index (χ1) is 7.80. The molecule has 0 N–H and O–H groups in total. The highest BCUT2D eigenvalue weighted by atomic mass is 32.2. The highest BCUT2D eigenvalue weighted by Gasteiger charge is 2.14. The Labute approximate surface area is 95.7 Å². The quantitative estimate of drug-likeness (QED) is 0.665. The maximum absolute atomic E-state index is 13.1. The SMILES string of the molecule is Cn1c(=O)c(F)cc2cnc(S(C)(=O)=O)nc21. The van der Waals surface area contributed by atoms with Crippen molar-refractivity contribution in [3.63, 3.8) is 0 Å². The second kappa shape index (κ2) is 3.59. The van der Waals surface area contributed by atoms with Crippen molar-refractivity contribution in [3.8, 4) is 0 Å². The van der Waals surface area contributed by atoms with E-state index in [1.165, 1.54) is 13.2 Å². The van der Waals surface area contributed by atoms with E-state index in [0.29, 0.717) is 0 Å². The third-order valence-corrected chi connectivity index (χ3v) is 3.07. The van der Waals surface area contributed by atoms with Gasteiger partial charge in [0, 0.05) is 24.9 Å². The lowest BCUT2D eigenvalue weighted by atomic mass is 10.3. The van der Waals surface area contributed by atoms with Crippen molar-refractivity contribution >= 4 is 20.9 Å².